The first-order valence-corrected chi connectivity index (χ1v) is 7.74. The lowest BCUT2D eigenvalue weighted by molar-refractivity contribution is -0.385. The van der Waals surface area contributed by atoms with Crippen LogP contribution in [0.4, 0.5) is 5.69 Å². The van der Waals surface area contributed by atoms with Crippen molar-refractivity contribution < 1.29 is 23.9 Å². The third-order valence-electron chi connectivity index (χ3n) is 3.88. The Morgan fingerprint density at radius 3 is 2.31 bits per heavy atom. The van der Waals surface area contributed by atoms with Gasteiger partial charge in [0.15, 0.2) is 11.5 Å². The number of nitrogens with one attached hydrogen (secondary N) is 1. The van der Waals surface area contributed by atoms with E-state index in [1.54, 1.807) is 19.1 Å². The van der Waals surface area contributed by atoms with Crippen LogP contribution >= 0.6 is 0 Å². The summed E-state index contributed by atoms with van der Waals surface area (Å²) in [5.74, 6) is 1.07. The molecule has 1 amide bonds. The molecule has 0 spiro atoms. The molecule has 0 fully saturated rings. The highest BCUT2D eigenvalue weighted by Gasteiger charge is 2.17. The van der Waals surface area contributed by atoms with Crippen LogP contribution in [-0.4, -0.2) is 32.2 Å². The number of methoxy groups -OCH3 is 3. The highest BCUT2D eigenvalue weighted by Crippen LogP contribution is 2.39. The third kappa shape index (κ3) is 3.85. The van der Waals surface area contributed by atoms with E-state index in [2.05, 4.69) is 5.32 Å². The first kappa shape index (κ1) is 19.0. The molecule has 0 unspecified atom stereocenters. The average Bonchev–Trinajstić information content (AvgIpc) is 2.64. The fourth-order valence-electron chi connectivity index (χ4n) is 2.58. The number of benzene rings is 2. The van der Waals surface area contributed by atoms with Gasteiger partial charge in [0.05, 0.1) is 26.3 Å². The van der Waals surface area contributed by atoms with E-state index in [1.165, 1.54) is 39.5 Å². The van der Waals surface area contributed by atoms with Crippen LogP contribution < -0.4 is 19.5 Å². The molecule has 8 nitrogen and oxygen atoms in total. The molecule has 2 aromatic carbocycles. The van der Waals surface area contributed by atoms with E-state index in [-0.39, 0.29) is 18.1 Å². The number of nitro benzene ring substituents is 1. The van der Waals surface area contributed by atoms with Crippen molar-refractivity contribution in [1.82, 2.24) is 5.32 Å². The minimum absolute atomic E-state index is 0.0249. The summed E-state index contributed by atoms with van der Waals surface area (Å²) in [6, 6.07) is 7.72. The monoisotopic (exact) mass is 360 g/mol. The van der Waals surface area contributed by atoms with Gasteiger partial charge in [-0.3, -0.25) is 14.9 Å². The highest BCUT2D eigenvalue weighted by molar-refractivity contribution is 5.94. The molecule has 2 aromatic rings. The fourth-order valence-corrected chi connectivity index (χ4v) is 2.58. The molecule has 0 atom stereocenters. The predicted molar refractivity (Wildman–Crippen MR) is 95.1 cm³/mol. The SMILES string of the molecule is COc1ccc(CNC(=O)c2ccc([N+](=O)[O-])c(C)c2)c(OC)c1OC. The molecule has 1 N–H and O–H groups in total. The molecule has 0 aromatic heterocycles. The standard InChI is InChI=1S/C18H20N2O6/c1-11-9-12(5-7-14(11)20(22)23)18(21)19-10-13-6-8-15(24-2)17(26-4)16(13)25-3/h5-9H,10H2,1-4H3,(H,19,21). The Kier molecular flexibility index (Phi) is 6.00. The number of carbonyl (C=O) groups is 1. The highest BCUT2D eigenvalue weighted by atomic mass is 16.6. The summed E-state index contributed by atoms with van der Waals surface area (Å²) in [6.07, 6.45) is 0. The molecule has 2 rings (SSSR count). The number of nitro groups is 1. The van der Waals surface area contributed by atoms with E-state index in [1.807, 2.05) is 0 Å². The van der Waals surface area contributed by atoms with Crippen LogP contribution in [0, 0.1) is 17.0 Å². The Labute approximate surface area is 150 Å². The van der Waals surface area contributed by atoms with E-state index in [0.717, 1.165) is 0 Å². The van der Waals surface area contributed by atoms with Crippen LogP contribution in [0.2, 0.25) is 0 Å². The summed E-state index contributed by atoms with van der Waals surface area (Å²) in [6.45, 7) is 1.78. The summed E-state index contributed by atoms with van der Waals surface area (Å²) in [4.78, 5) is 22.7. The van der Waals surface area contributed by atoms with Gasteiger partial charge in [0.2, 0.25) is 5.75 Å². The van der Waals surface area contributed by atoms with Gasteiger partial charge in [-0.25, -0.2) is 0 Å². The number of amides is 1. The van der Waals surface area contributed by atoms with Crippen molar-refractivity contribution >= 4 is 11.6 Å². The second kappa shape index (κ2) is 8.19. The second-order valence-electron chi connectivity index (χ2n) is 5.43. The van der Waals surface area contributed by atoms with Crippen molar-refractivity contribution in [3.63, 3.8) is 0 Å². The Balaban J connectivity index is 2.19. The number of hydrogen-bond acceptors (Lipinski definition) is 6. The lowest BCUT2D eigenvalue weighted by Crippen LogP contribution is -2.23. The van der Waals surface area contributed by atoms with E-state index >= 15 is 0 Å². The van der Waals surface area contributed by atoms with E-state index in [0.29, 0.717) is 33.9 Å². The molecular weight excluding hydrogens is 340 g/mol. The van der Waals surface area contributed by atoms with E-state index in [9.17, 15) is 14.9 Å². The summed E-state index contributed by atoms with van der Waals surface area (Å²) >= 11 is 0. The van der Waals surface area contributed by atoms with E-state index in [4.69, 9.17) is 14.2 Å². The minimum Gasteiger partial charge on any atom is -0.493 e. The zero-order valence-electron chi connectivity index (χ0n) is 15.0. The van der Waals surface area contributed by atoms with Crippen LogP contribution in [0.3, 0.4) is 0 Å². The van der Waals surface area contributed by atoms with Gasteiger partial charge in [-0.2, -0.15) is 0 Å². The number of nitrogens with zero attached hydrogens (tertiary/aromatic N) is 1. The molecule has 0 heterocycles. The molecule has 0 aliphatic rings. The van der Waals surface area contributed by atoms with Gasteiger partial charge in [0.1, 0.15) is 0 Å². The number of hydrogen-bond donors (Lipinski definition) is 1. The smallest absolute Gasteiger partial charge is 0.272 e. The Hall–Kier alpha value is -3.29. The Morgan fingerprint density at radius 2 is 1.77 bits per heavy atom. The lowest BCUT2D eigenvalue weighted by Gasteiger charge is -2.16. The van der Waals surface area contributed by atoms with Gasteiger partial charge >= 0.3 is 0 Å². The van der Waals surface area contributed by atoms with Gasteiger partial charge in [-0.1, -0.05) is 0 Å². The minimum atomic E-state index is -0.481. The molecule has 0 aliphatic carbocycles. The maximum atomic E-state index is 12.4. The summed E-state index contributed by atoms with van der Waals surface area (Å²) < 4.78 is 15.9. The molecule has 8 heteroatoms. The summed E-state index contributed by atoms with van der Waals surface area (Å²) in [5.41, 5.74) is 1.44. The quantitative estimate of drug-likeness (QED) is 0.602. The largest absolute Gasteiger partial charge is 0.493 e. The zero-order valence-corrected chi connectivity index (χ0v) is 15.0. The molecule has 26 heavy (non-hydrogen) atoms. The first-order chi connectivity index (χ1) is 12.4. The lowest BCUT2D eigenvalue weighted by atomic mass is 10.1. The zero-order chi connectivity index (χ0) is 19.3. The van der Waals surface area contributed by atoms with Gasteiger partial charge in [-0.05, 0) is 31.2 Å². The van der Waals surface area contributed by atoms with Crippen LogP contribution in [0.5, 0.6) is 17.2 Å². The normalized spacial score (nSPS) is 10.2. The van der Waals surface area contributed by atoms with Crippen molar-refractivity contribution in [1.29, 1.82) is 0 Å². The Morgan fingerprint density at radius 1 is 1.08 bits per heavy atom. The number of carbonyl (C=O) groups excluding carboxylic acids is 1. The van der Waals surface area contributed by atoms with Crippen molar-refractivity contribution in [3.05, 3.63) is 57.1 Å². The third-order valence-corrected chi connectivity index (χ3v) is 3.88. The van der Waals surface area contributed by atoms with Crippen molar-refractivity contribution in [2.75, 3.05) is 21.3 Å². The molecular formula is C18H20N2O6. The number of rotatable bonds is 7. The van der Waals surface area contributed by atoms with Gasteiger partial charge in [-0.15, -0.1) is 0 Å². The van der Waals surface area contributed by atoms with Crippen LogP contribution in [0.25, 0.3) is 0 Å². The fraction of sp³-hybridized carbons (Fsp3) is 0.278. The van der Waals surface area contributed by atoms with Crippen molar-refractivity contribution in [3.8, 4) is 17.2 Å². The molecule has 0 aliphatic heterocycles. The molecule has 0 saturated heterocycles. The maximum absolute atomic E-state index is 12.4. The molecule has 0 bridgehead atoms. The van der Waals surface area contributed by atoms with Crippen LogP contribution in [0.15, 0.2) is 30.3 Å². The second-order valence-corrected chi connectivity index (χ2v) is 5.43. The number of ether oxygens (including phenoxy) is 3. The summed E-state index contributed by atoms with van der Waals surface area (Å²) in [5, 5.41) is 13.6. The average molecular weight is 360 g/mol. The molecule has 0 saturated carbocycles. The van der Waals surface area contributed by atoms with Crippen molar-refractivity contribution in [2.24, 2.45) is 0 Å². The van der Waals surface area contributed by atoms with E-state index < -0.39 is 4.92 Å². The maximum Gasteiger partial charge on any atom is 0.272 e. The van der Waals surface area contributed by atoms with Gasteiger partial charge < -0.3 is 19.5 Å². The number of aryl methyl sites for hydroxylation is 1. The topological polar surface area (TPSA) is 99.9 Å². The van der Waals surface area contributed by atoms with Gasteiger partial charge in [0, 0.05) is 29.3 Å². The van der Waals surface area contributed by atoms with Crippen LogP contribution in [-0.2, 0) is 6.54 Å². The van der Waals surface area contributed by atoms with Crippen molar-refractivity contribution in [2.45, 2.75) is 13.5 Å². The Bertz CT molecular complexity index is 835. The van der Waals surface area contributed by atoms with Crippen LogP contribution in [0.1, 0.15) is 21.5 Å². The first-order valence-electron chi connectivity index (χ1n) is 7.74. The van der Waals surface area contributed by atoms with Gasteiger partial charge in [0.25, 0.3) is 11.6 Å². The summed E-state index contributed by atoms with van der Waals surface area (Å²) in [7, 11) is 4.53. The predicted octanol–water partition coefficient (Wildman–Crippen LogP) is 2.86. The molecule has 138 valence electrons. The molecule has 0 radical (unpaired) electrons.